The second kappa shape index (κ2) is 4.31. The van der Waals surface area contributed by atoms with E-state index in [1.807, 2.05) is 0 Å². The normalized spacial score (nSPS) is 33.0. The third-order valence-electron chi connectivity index (χ3n) is 5.02. The van der Waals surface area contributed by atoms with Crippen molar-refractivity contribution >= 4 is 11.6 Å². The number of rotatable bonds is 2. The smallest absolute Gasteiger partial charge is 0.0616 e. The van der Waals surface area contributed by atoms with Crippen molar-refractivity contribution < 1.29 is 0 Å². The van der Waals surface area contributed by atoms with Crippen LogP contribution in [0, 0.1) is 31.6 Å². The van der Waals surface area contributed by atoms with Crippen LogP contribution in [-0.2, 0) is 0 Å². The van der Waals surface area contributed by atoms with Gasteiger partial charge < -0.3 is 0 Å². The zero-order valence-electron chi connectivity index (χ0n) is 10.7. The van der Waals surface area contributed by atoms with Crippen molar-refractivity contribution in [3.63, 3.8) is 0 Å². The standard InChI is InChI=1S/C16H21Cl/c1-10-3-5-14(7-11(10)2)16(17)15-9-12-4-6-13(15)8-12/h3,5,7,12-13,15-16H,4,6,8-9H2,1-2H3. The Morgan fingerprint density at radius 1 is 1.12 bits per heavy atom. The molecule has 0 amide bonds. The summed E-state index contributed by atoms with van der Waals surface area (Å²) in [6, 6.07) is 6.73. The Kier molecular flexibility index (Phi) is 2.94. The van der Waals surface area contributed by atoms with Crippen LogP contribution in [0.4, 0.5) is 0 Å². The molecule has 0 radical (unpaired) electrons. The third kappa shape index (κ3) is 2.01. The highest BCUT2D eigenvalue weighted by Crippen LogP contribution is 2.54. The Bertz CT molecular complexity index is 424. The second-order valence-corrected chi connectivity index (χ2v) is 6.55. The minimum atomic E-state index is 0.240. The van der Waals surface area contributed by atoms with Crippen molar-refractivity contribution in [2.24, 2.45) is 17.8 Å². The molecule has 0 saturated heterocycles. The van der Waals surface area contributed by atoms with E-state index in [2.05, 4.69) is 32.0 Å². The molecular formula is C16H21Cl. The van der Waals surface area contributed by atoms with Gasteiger partial charge in [0.05, 0.1) is 5.38 Å². The van der Waals surface area contributed by atoms with Crippen molar-refractivity contribution in [1.82, 2.24) is 0 Å². The number of halogens is 1. The molecule has 0 N–H and O–H groups in total. The van der Waals surface area contributed by atoms with Gasteiger partial charge in [0, 0.05) is 0 Å². The van der Waals surface area contributed by atoms with Crippen molar-refractivity contribution in [3.8, 4) is 0 Å². The van der Waals surface area contributed by atoms with E-state index in [9.17, 15) is 0 Å². The lowest BCUT2D eigenvalue weighted by Crippen LogP contribution is -2.15. The monoisotopic (exact) mass is 248 g/mol. The van der Waals surface area contributed by atoms with Gasteiger partial charge in [0.2, 0.25) is 0 Å². The first kappa shape index (κ1) is 11.6. The Morgan fingerprint density at radius 3 is 2.53 bits per heavy atom. The summed E-state index contributed by atoms with van der Waals surface area (Å²) >= 11 is 6.73. The summed E-state index contributed by atoms with van der Waals surface area (Å²) in [5.74, 6) is 2.62. The lowest BCUT2D eigenvalue weighted by atomic mass is 9.83. The van der Waals surface area contributed by atoms with E-state index in [-0.39, 0.29) is 5.38 Å². The molecule has 17 heavy (non-hydrogen) atoms. The first-order valence-electron chi connectivity index (χ1n) is 6.86. The number of alkyl halides is 1. The van der Waals surface area contributed by atoms with Crippen LogP contribution in [0.2, 0.25) is 0 Å². The van der Waals surface area contributed by atoms with Gasteiger partial charge in [0.15, 0.2) is 0 Å². The molecular weight excluding hydrogens is 228 g/mol. The molecule has 1 aromatic rings. The average molecular weight is 249 g/mol. The molecule has 3 rings (SSSR count). The quantitative estimate of drug-likeness (QED) is 0.645. The molecule has 1 heteroatoms. The van der Waals surface area contributed by atoms with Crippen LogP contribution in [0.5, 0.6) is 0 Å². The Hall–Kier alpha value is -0.490. The summed E-state index contributed by atoms with van der Waals surface area (Å²) in [7, 11) is 0. The second-order valence-electron chi connectivity index (χ2n) is 6.08. The number of hydrogen-bond donors (Lipinski definition) is 0. The average Bonchev–Trinajstić information content (AvgIpc) is 2.93. The third-order valence-corrected chi connectivity index (χ3v) is 5.59. The minimum Gasteiger partial charge on any atom is -0.118 e. The summed E-state index contributed by atoms with van der Waals surface area (Å²) in [5.41, 5.74) is 4.08. The van der Waals surface area contributed by atoms with Gasteiger partial charge in [0.1, 0.15) is 0 Å². The number of benzene rings is 1. The fourth-order valence-corrected chi connectivity index (χ4v) is 4.28. The molecule has 92 valence electrons. The maximum atomic E-state index is 6.73. The highest BCUT2D eigenvalue weighted by Gasteiger charge is 2.42. The van der Waals surface area contributed by atoms with E-state index in [0.717, 1.165) is 17.8 Å². The van der Waals surface area contributed by atoms with Gasteiger partial charge in [-0.3, -0.25) is 0 Å². The van der Waals surface area contributed by atoms with Crippen LogP contribution in [0.3, 0.4) is 0 Å². The summed E-state index contributed by atoms with van der Waals surface area (Å²) in [6.07, 6.45) is 5.69. The van der Waals surface area contributed by atoms with Crippen LogP contribution in [0.1, 0.15) is 47.8 Å². The number of fused-ring (bicyclic) bond motifs is 2. The molecule has 2 aliphatic carbocycles. The van der Waals surface area contributed by atoms with Crippen molar-refractivity contribution in [3.05, 3.63) is 34.9 Å². The van der Waals surface area contributed by atoms with E-state index >= 15 is 0 Å². The van der Waals surface area contributed by atoms with Crippen molar-refractivity contribution in [1.29, 1.82) is 0 Å². The highest BCUT2D eigenvalue weighted by atomic mass is 35.5. The first-order chi connectivity index (χ1) is 8.15. The van der Waals surface area contributed by atoms with Crippen LogP contribution in [0.25, 0.3) is 0 Å². The van der Waals surface area contributed by atoms with Gasteiger partial charge in [-0.05, 0) is 67.6 Å². The topological polar surface area (TPSA) is 0 Å². The first-order valence-corrected chi connectivity index (χ1v) is 7.30. The summed E-state index contributed by atoms with van der Waals surface area (Å²) < 4.78 is 0. The molecule has 2 saturated carbocycles. The molecule has 0 aliphatic heterocycles. The van der Waals surface area contributed by atoms with E-state index in [1.165, 1.54) is 42.4 Å². The molecule has 1 aromatic carbocycles. The predicted octanol–water partition coefficient (Wildman–Crippen LogP) is 5.02. The highest BCUT2D eigenvalue weighted by molar-refractivity contribution is 6.21. The zero-order valence-corrected chi connectivity index (χ0v) is 11.5. The van der Waals surface area contributed by atoms with Gasteiger partial charge in [0.25, 0.3) is 0 Å². The largest absolute Gasteiger partial charge is 0.118 e. The fraction of sp³-hybridized carbons (Fsp3) is 0.625. The number of aryl methyl sites for hydroxylation is 2. The molecule has 0 aromatic heterocycles. The fourth-order valence-electron chi connectivity index (χ4n) is 3.84. The molecule has 4 unspecified atom stereocenters. The van der Waals surface area contributed by atoms with Crippen LogP contribution in [-0.4, -0.2) is 0 Å². The van der Waals surface area contributed by atoms with Gasteiger partial charge in [-0.25, -0.2) is 0 Å². The minimum absolute atomic E-state index is 0.240. The predicted molar refractivity (Wildman–Crippen MR) is 73.4 cm³/mol. The van der Waals surface area contributed by atoms with Gasteiger partial charge in [-0.2, -0.15) is 0 Å². The molecule has 2 aliphatic rings. The SMILES string of the molecule is Cc1ccc(C(Cl)C2CC3CCC2C3)cc1C. The molecule has 2 bridgehead atoms. The number of hydrogen-bond acceptors (Lipinski definition) is 0. The molecule has 2 fully saturated rings. The Balaban J connectivity index is 1.81. The lowest BCUT2D eigenvalue weighted by molar-refractivity contribution is 0.323. The molecule has 0 nitrogen and oxygen atoms in total. The summed E-state index contributed by atoms with van der Waals surface area (Å²) in [4.78, 5) is 0. The summed E-state index contributed by atoms with van der Waals surface area (Å²) in [5, 5.41) is 0.240. The van der Waals surface area contributed by atoms with E-state index in [0.29, 0.717) is 0 Å². The van der Waals surface area contributed by atoms with Crippen LogP contribution >= 0.6 is 11.6 Å². The van der Waals surface area contributed by atoms with Gasteiger partial charge in [-0.15, -0.1) is 11.6 Å². The molecule has 0 heterocycles. The molecule has 0 spiro atoms. The van der Waals surface area contributed by atoms with E-state index in [1.54, 1.807) is 0 Å². The van der Waals surface area contributed by atoms with Crippen LogP contribution in [0.15, 0.2) is 18.2 Å². The Labute approximate surface area is 109 Å². The Morgan fingerprint density at radius 2 is 1.94 bits per heavy atom. The maximum absolute atomic E-state index is 6.73. The van der Waals surface area contributed by atoms with Gasteiger partial charge >= 0.3 is 0 Å². The lowest BCUT2D eigenvalue weighted by Gasteiger charge is -2.27. The van der Waals surface area contributed by atoms with Crippen molar-refractivity contribution in [2.45, 2.75) is 44.9 Å². The molecule has 4 atom stereocenters. The van der Waals surface area contributed by atoms with Gasteiger partial charge in [-0.1, -0.05) is 24.6 Å². The van der Waals surface area contributed by atoms with E-state index in [4.69, 9.17) is 11.6 Å². The van der Waals surface area contributed by atoms with Crippen LogP contribution < -0.4 is 0 Å². The van der Waals surface area contributed by atoms with Crippen molar-refractivity contribution in [2.75, 3.05) is 0 Å². The maximum Gasteiger partial charge on any atom is 0.0616 e. The summed E-state index contributed by atoms with van der Waals surface area (Å²) in [6.45, 7) is 4.35. The van der Waals surface area contributed by atoms with E-state index < -0.39 is 0 Å². The zero-order chi connectivity index (χ0) is 12.0.